The van der Waals surface area contributed by atoms with Crippen molar-refractivity contribution in [1.82, 2.24) is 0 Å². The molecule has 0 bridgehead atoms. The van der Waals surface area contributed by atoms with E-state index in [-0.39, 0.29) is 0 Å². The summed E-state index contributed by atoms with van der Waals surface area (Å²) in [6.45, 7) is 0. The quantitative estimate of drug-likeness (QED) is 0.756. The topological polar surface area (TPSA) is 9.23 Å². The molecule has 17 heavy (non-hydrogen) atoms. The number of halogens is 3. The second-order valence-corrected chi connectivity index (χ2v) is 3.35. The summed E-state index contributed by atoms with van der Waals surface area (Å²) in [6, 6.07) is 14.2. The highest BCUT2D eigenvalue weighted by molar-refractivity contribution is 5.33. The van der Waals surface area contributed by atoms with Crippen molar-refractivity contribution in [3.05, 3.63) is 60.2 Å². The highest BCUT2D eigenvalue weighted by Crippen LogP contribution is 2.31. The third kappa shape index (κ3) is 3.00. The fraction of sp³-hybridized carbons (Fsp3) is 0.0769. The number of hydrogen-bond acceptors (Lipinski definition) is 1. The van der Waals surface area contributed by atoms with E-state index in [9.17, 15) is 13.2 Å². The molecule has 2 aromatic carbocycles. The van der Waals surface area contributed by atoms with Gasteiger partial charge < -0.3 is 4.74 Å². The van der Waals surface area contributed by atoms with Crippen molar-refractivity contribution in [2.75, 3.05) is 0 Å². The first-order chi connectivity index (χ1) is 8.05. The maximum atomic E-state index is 12.3. The van der Waals surface area contributed by atoms with Crippen LogP contribution in [0.3, 0.4) is 0 Å². The number of hydrogen-bond donors (Lipinski definition) is 0. The SMILES string of the molecule is FC(F)(F)c1ccc(Oc2[c]cccc2)cc1. The summed E-state index contributed by atoms with van der Waals surface area (Å²) < 4.78 is 42.2. The Morgan fingerprint density at radius 2 is 1.65 bits per heavy atom. The molecule has 2 aromatic rings. The van der Waals surface area contributed by atoms with Gasteiger partial charge in [0.1, 0.15) is 11.5 Å². The first kappa shape index (κ1) is 11.5. The summed E-state index contributed by atoms with van der Waals surface area (Å²) in [6.07, 6.45) is -4.32. The molecule has 1 radical (unpaired) electrons. The van der Waals surface area contributed by atoms with E-state index >= 15 is 0 Å². The monoisotopic (exact) mass is 237 g/mol. The number of alkyl halides is 3. The van der Waals surface area contributed by atoms with E-state index in [0.29, 0.717) is 11.5 Å². The van der Waals surface area contributed by atoms with Crippen LogP contribution in [-0.4, -0.2) is 0 Å². The maximum Gasteiger partial charge on any atom is 0.416 e. The summed E-state index contributed by atoms with van der Waals surface area (Å²) in [5, 5.41) is 0. The van der Waals surface area contributed by atoms with Crippen LogP contribution in [-0.2, 0) is 6.18 Å². The largest absolute Gasteiger partial charge is 0.457 e. The lowest BCUT2D eigenvalue weighted by Gasteiger charge is -2.08. The average Bonchev–Trinajstić information content (AvgIpc) is 2.30. The molecule has 0 amide bonds. The molecule has 0 aromatic heterocycles. The molecule has 0 aliphatic rings. The third-order valence-electron chi connectivity index (χ3n) is 2.09. The molecule has 0 N–H and O–H groups in total. The highest BCUT2D eigenvalue weighted by atomic mass is 19.4. The number of benzene rings is 2. The fourth-order valence-corrected chi connectivity index (χ4v) is 1.28. The van der Waals surface area contributed by atoms with Crippen LogP contribution in [0.15, 0.2) is 48.5 Å². The molecule has 87 valence electrons. The molecule has 0 aliphatic carbocycles. The van der Waals surface area contributed by atoms with E-state index in [1.54, 1.807) is 24.3 Å². The van der Waals surface area contributed by atoms with Crippen molar-refractivity contribution in [2.45, 2.75) is 6.18 Å². The van der Waals surface area contributed by atoms with Gasteiger partial charge in [-0.3, -0.25) is 0 Å². The van der Waals surface area contributed by atoms with Gasteiger partial charge in [-0.15, -0.1) is 0 Å². The Bertz CT molecular complexity index is 474. The first-order valence-corrected chi connectivity index (χ1v) is 4.87. The Balaban J connectivity index is 2.14. The standard InChI is InChI=1S/C13H8F3O/c14-13(15,16)10-6-8-12(9-7-10)17-11-4-2-1-3-5-11/h1-4,6-9H. The van der Waals surface area contributed by atoms with Gasteiger partial charge in [0.2, 0.25) is 0 Å². The second-order valence-electron chi connectivity index (χ2n) is 3.35. The Morgan fingerprint density at radius 1 is 0.941 bits per heavy atom. The molecule has 0 saturated heterocycles. The number of ether oxygens (including phenoxy) is 1. The number of para-hydroxylation sites is 1. The van der Waals surface area contributed by atoms with Crippen molar-refractivity contribution >= 4 is 0 Å². The molecular formula is C13H8F3O. The lowest BCUT2D eigenvalue weighted by Crippen LogP contribution is -2.03. The lowest BCUT2D eigenvalue weighted by atomic mass is 10.2. The van der Waals surface area contributed by atoms with Crippen LogP contribution < -0.4 is 4.74 Å². The summed E-state index contributed by atoms with van der Waals surface area (Å²) >= 11 is 0. The minimum atomic E-state index is -4.32. The van der Waals surface area contributed by atoms with Gasteiger partial charge in [0, 0.05) is 6.07 Å². The molecule has 0 saturated carbocycles. The van der Waals surface area contributed by atoms with Crippen molar-refractivity contribution < 1.29 is 17.9 Å². The predicted molar refractivity (Wildman–Crippen MR) is 56.8 cm³/mol. The zero-order chi connectivity index (χ0) is 12.3. The Labute approximate surface area is 96.5 Å². The summed E-state index contributed by atoms with van der Waals surface area (Å²) in [5.74, 6) is 0.813. The third-order valence-corrected chi connectivity index (χ3v) is 2.09. The molecule has 1 nitrogen and oxygen atoms in total. The molecule has 4 heteroatoms. The van der Waals surface area contributed by atoms with Crippen LogP contribution >= 0.6 is 0 Å². The molecule has 0 aliphatic heterocycles. The van der Waals surface area contributed by atoms with Crippen LogP contribution in [0.2, 0.25) is 0 Å². The Hall–Kier alpha value is -1.97. The molecule has 0 unspecified atom stereocenters. The minimum absolute atomic E-state index is 0.348. The highest BCUT2D eigenvalue weighted by Gasteiger charge is 2.29. The molecule has 0 fully saturated rings. The van der Waals surface area contributed by atoms with Crippen LogP contribution in [0.1, 0.15) is 5.56 Å². The molecule has 2 rings (SSSR count). The van der Waals surface area contributed by atoms with Gasteiger partial charge in [0.15, 0.2) is 0 Å². The molecular weight excluding hydrogens is 229 g/mol. The van der Waals surface area contributed by atoms with Crippen LogP contribution in [0.4, 0.5) is 13.2 Å². The minimum Gasteiger partial charge on any atom is -0.457 e. The molecule has 0 spiro atoms. The van der Waals surface area contributed by atoms with E-state index in [1.165, 1.54) is 12.1 Å². The smallest absolute Gasteiger partial charge is 0.416 e. The van der Waals surface area contributed by atoms with E-state index < -0.39 is 11.7 Å². The summed E-state index contributed by atoms with van der Waals surface area (Å²) in [7, 11) is 0. The van der Waals surface area contributed by atoms with Crippen molar-refractivity contribution in [3.8, 4) is 11.5 Å². The average molecular weight is 237 g/mol. The van der Waals surface area contributed by atoms with E-state index in [4.69, 9.17) is 4.74 Å². The molecule has 0 heterocycles. The zero-order valence-electron chi connectivity index (χ0n) is 8.66. The maximum absolute atomic E-state index is 12.3. The van der Waals surface area contributed by atoms with E-state index in [0.717, 1.165) is 12.1 Å². The van der Waals surface area contributed by atoms with Crippen molar-refractivity contribution in [2.24, 2.45) is 0 Å². The summed E-state index contributed by atoms with van der Waals surface area (Å²) in [4.78, 5) is 0. The number of rotatable bonds is 2. The van der Waals surface area contributed by atoms with Gasteiger partial charge in [-0.25, -0.2) is 0 Å². The van der Waals surface area contributed by atoms with Crippen LogP contribution in [0.25, 0.3) is 0 Å². The zero-order valence-corrected chi connectivity index (χ0v) is 8.66. The Kier molecular flexibility index (Phi) is 3.04. The van der Waals surface area contributed by atoms with E-state index in [1.807, 2.05) is 0 Å². The van der Waals surface area contributed by atoms with Gasteiger partial charge in [-0.2, -0.15) is 13.2 Å². The normalized spacial score (nSPS) is 11.2. The van der Waals surface area contributed by atoms with Crippen LogP contribution in [0, 0.1) is 6.07 Å². The van der Waals surface area contributed by atoms with Gasteiger partial charge in [0.25, 0.3) is 0 Å². The Morgan fingerprint density at radius 3 is 2.18 bits per heavy atom. The second kappa shape index (κ2) is 4.49. The van der Waals surface area contributed by atoms with E-state index in [2.05, 4.69) is 6.07 Å². The van der Waals surface area contributed by atoms with Crippen LogP contribution in [0.5, 0.6) is 11.5 Å². The van der Waals surface area contributed by atoms with Gasteiger partial charge in [0.05, 0.1) is 5.56 Å². The molecule has 0 atom stereocenters. The predicted octanol–water partition coefficient (Wildman–Crippen LogP) is 4.30. The lowest BCUT2D eigenvalue weighted by molar-refractivity contribution is -0.137. The van der Waals surface area contributed by atoms with Gasteiger partial charge in [-0.1, -0.05) is 18.2 Å². The first-order valence-electron chi connectivity index (χ1n) is 4.87. The summed E-state index contributed by atoms with van der Waals surface area (Å²) in [5.41, 5.74) is -0.693. The fourth-order valence-electron chi connectivity index (χ4n) is 1.28. The van der Waals surface area contributed by atoms with Crippen molar-refractivity contribution in [3.63, 3.8) is 0 Å². The van der Waals surface area contributed by atoms with Gasteiger partial charge >= 0.3 is 6.18 Å². The van der Waals surface area contributed by atoms with Gasteiger partial charge in [-0.05, 0) is 30.3 Å². The van der Waals surface area contributed by atoms with Crippen molar-refractivity contribution in [1.29, 1.82) is 0 Å².